The van der Waals surface area contributed by atoms with Crippen molar-refractivity contribution in [3.05, 3.63) is 113 Å². The molecule has 7 rings (SSSR count). The monoisotopic (exact) mass is 640 g/mol. The van der Waals surface area contributed by atoms with Crippen LogP contribution in [-0.2, 0) is 14.3 Å². The Kier molecular flexibility index (Phi) is 8.93. The zero-order valence-electron chi connectivity index (χ0n) is 28.0. The summed E-state index contributed by atoms with van der Waals surface area (Å²) in [5, 5.41) is 15.7. The van der Waals surface area contributed by atoms with Gasteiger partial charge in [-0.05, 0) is 90.6 Å². The number of carbonyl (C=O) groups excluding carboxylic acids is 2. The Morgan fingerprint density at radius 1 is 0.875 bits per heavy atom. The molecule has 4 aromatic rings. The van der Waals surface area contributed by atoms with Gasteiger partial charge in [0.25, 0.3) is 0 Å². The maximum atomic E-state index is 14.1. The lowest BCUT2D eigenvalue weighted by Gasteiger charge is -2.33. The Bertz CT molecular complexity index is 1890. The number of nitrogens with one attached hydrogen (secondary N) is 1. The molecule has 2 saturated heterocycles. The zero-order valence-corrected chi connectivity index (χ0v) is 28.0. The van der Waals surface area contributed by atoms with Gasteiger partial charge in [-0.1, -0.05) is 92.9 Å². The predicted molar refractivity (Wildman–Crippen MR) is 193 cm³/mol. The summed E-state index contributed by atoms with van der Waals surface area (Å²) in [6, 6.07) is 29.3. The Morgan fingerprint density at radius 2 is 1.58 bits per heavy atom. The van der Waals surface area contributed by atoms with E-state index in [1.807, 2.05) is 78.9 Å². The number of nitrogens with zero attached hydrogens (tertiary/aromatic N) is 1. The van der Waals surface area contributed by atoms with E-state index in [1.165, 1.54) is 21.6 Å². The number of hydrogen-bond acceptors (Lipinski definition) is 5. The normalized spacial score (nSPS) is 22.5. The number of ether oxygens (including phenoxy) is 1. The number of anilines is 3. The van der Waals surface area contributed by atoms with Crippen LogP contribution in [0.1, 0.15) is 58.4 Å². The minimum Gasteiger partial charge on any atom is -0.507 e. The van der Waals surface area contributed by atoms with E-state index in [-0.39, 0.29) is 35.7 Å². The second kappa shape index (κ2) is 13.4. The van der Waals surface area contributed by atoms with E-state index in [0.29, 0.717) is 24.5 Å². The Balaban J connectivity index is 1.11. The summed E-state index contributed by atoms with van der Waals surface area (Å²) in [6.45, 7) is 7.07. The average Bonchev–Trinajstić information content (AvgIpc) is 3.63. The van der Waals surface area contributed by atoms with Crippen LogP contribution in [0.2, 0.25) is 0 Å². The molecule has 246 valence electrons. The van der Waals surface area contributed by atoms with Gasteiger partial charge >= 0.3 is 0 Å². The lowest BCUT2D eigenvalue weighted by atomic mass is 9.67. The third-order valence-corrected chi connectivity index (χ3v) is 10.4. The number of rotatable bonds is 10. The molecule has 6 heteroatoms. The smallest absolute Gasteiger partial charge is 0.238 e. The molecule has 6 nitrogen and oxygen atoms in total. The van der Waals surface area contributed by atoms with Gasteiger partial charge < -0.3 is 15.2 Å². The minimum absolute atomic E-state index is 0.0644. The highest BCUT2D eigenvalue weighted by atomic mass is 16.5. The van der Waals surface area contributed by atoms with Crippen LogP contribution in [0.3, 0.4) is 0 Å². The van der Waals surface area contributed by atoms with Crippen LogP contribution < -0.4 is 10.2 Å². The van der Waals surface area contributed by atoms with E-state index in [0.717, 1.165) is 53.4 Å². The number of aromatic hydroxyl groups is 1. The van der Waals surface area contributed by atoms with E-state index < -0.39 is 5.92 Å². The van der Waals surface area contributed by atoms with Crippen LogP contribution in [0, 0.1) is 23.7 Å². The van der Waals surface area contributed by atoms with Crippen molar-refractivity contribution in [2.24, 2.45) is 23.7 Å². The number of amides is 2. The van der Waals surface area contributed by atoms with Gasteiger partial charge in [0, 0.05) is 22.7 Å². The summed E-state index contributed by atoms with van der Waals surface area (Å²) in [4.78, 5) is 29.5. The van der Waals surface area contributed by atoms with Gasteiger partial charge in [0.2, 0.25) is 11.8 Å². The Morgan fingerprint density at radius 3 is 2.31 bits per heavy atom. The van der Waals surface area contributed by atoms with Crippen LogP contribution in [0.25, 0.3) is 16.8 Å². The van der Waals surface area contributed by atoms with Crippen molar-refractivity contribution in [2.45, 2.75) is 59.0 Å². The van der Waals surface area contributed by atoms with Crippen molar-refractivity contribution < 1.29 is 19.4 Å². The van der Waals surface area contributed by atoms with Gasteiger partial charge in [-0.2, -0.15) is 0 Å². The SMILES string of the molecule is CCC/C(=C\c1ccc(O)c2ccccc12)CC[C@H]1OC[C@H]2C1=C(C(C)C)C[C@H]1C(=O)N(c3ccc(Nc4ccccc4)cc3)C(=O)[C@H]12. The second-order valence-electron chi connectivity index (χ2n) is 13.8. The van der Waals surface area contributed by atoms with E-state index in [2.05, 4.69) is 38.2 Å². The number of imide groups is 1. The standard InChI is InChI=1S/C42H44N2O4/c1-4-10-27(23-28-16-21-37(45)33-14-9-8-13-32(28)33)15-22-38-39-34(26(2)3)24-35-40(36(39)25-48-38)42(47)44(41(35)46)31-19-17-30(18-20-31)43-29-11-6-5-7-12-29/h5-9,11-14,16-21,23,26,35-36,38,40,43,45H,4,10,15,22,24-25H2,1-3H3/b27-23+/t35-,36+,38-,40-/m1/s1. The molecule has 0 aromatic heterocycles. The van der Waals surface area contributed by atoms with Crippen molar-refractivity contribution >= 4 is 45.7 Å². The van der Waals surface area contributed by atoms with Crippen LogP contribution in [0.15, 0.2) is 108 Å². The number of carbonyl (C=O) groups is 2. The minimum atomic E-state index is -0.392. The summed E-state index contributed by atoms with van der Waals surface area (Å²) < 4.78 is 6.54. The first-order chi connectivity index (χ1) is 23.3. The molecule has 0 saturated carbocycles. The van der Waals surface area contributed by atoms with E-state index in [4.69, 9.17) is 4.74 Å². The fourth-order valence-electron chi connectivity index (χ4n) is 8.15. The van der Waals surface area contributed by atoms with Crippen LogP contribution in [0.5, 0.6) is 5.75 Å². The van der Waals surface area contributed by atoms with Crippen LogP contribution in [0.4, 0.5) is 17.1 Å². The van der Waals surface area contributed by atoms with Crippen molar-refractivity contribution in [1.82, 2.24) is 0 Å². The molecule has 4 aromatic carbocycles. The van der Waals surface area contributed by atoms with Crippen molar-refractivity contribution in [1.29, 1.82) is 0 Å². The molecule has 2 heterocycles. The van der Waals surface area contributed by atoms with Gasteiger partial charge in [-0.25, -0.2) is 0 Å². The summed E-state index contributed by atoms with van der Waals surface area (Å²) >= 11 is 0. The number of fused-ring (bicyclic) bond motifs is 4. The first-order valence-electron chi connectivity index (χ1n) is 17.4. The fraction of sp³-hybridized carbons (Fsp3) is 0.333. The van der Waals surface area contributed by atoms with Crippen molar-refractivity contribution in [3.63, 3.8) is 0 Å². The lowest BCUT2D eigenvalue weighted by molar-refractivity contribution is -0.122. The third-order valence-electron chi connectivity index (χ3n) is 10.4. The van der Waals surface area contributed by atoms with Crippen molar-refractivity contribution in [2.75, 3.05) is 16.8 Å². The first kappa shape index (κ1) is 31.9. The fourth-order valence-corrected chi connectivity index (χ4v) is 8.15. The van der Waals surface area contributed by atoms with Gasteiger partial charge in [0.15, 0.2) is 0 Å². The van der Waals surface area contributed by atoms with Gasteiger partial charge in [-0.15, -0.1) is 0 Å². The zero-order chi connectivity index (χ0) is 33.4. The molecule has 3 aliphatic rings. The first-order valence-corrected chi connectivity index (χ1v) is 17.4. The summed E-state index contributed by atoms with van der Waals surface area (Å²) in [7, 11) is 0. The van der Waals surface area contributed by atoms with Crippen LogP contribution in [-0.4, -0.2) is 29.6 Å². The third kappa shape index (κ3) is 5.94. The quantitative estimate of drug-likeness (QED) is 0.133. The number of benzene rings is 4. The number of allylic oxidation sites excluding steroid dienone is 2. The predicted octanol–water partition coefficient (Wildman–Crippen LogP) is 9.43. The molecular formula is C42H44N2O4. The van der Waals surface area contributed by atoms with E-state index in [1.54, 1.807) is 6.07 Å². The van der Waals surface area contributed by atoms with Crippen LogP contribution >= 0.6 is 0 Å². The topological polar surface area (TPSA) is 78.9 Å². The molecule has 2 aliphatic heterocycles. The van der Waals surface area contributed by atoms with E-state index >= 15 is 0 Å². The molecule has 48 heavy (non-hydrogen) atoms. The summed E-state index contributed by atoms with van der Waals surface area (Å²) in [5.41, 5.74) is 7.52. The van der Waals surface area contributed by atoms with E-state index in [9.17, 15) is 14.7 Å². The average molecular weight is 641 g/mol. The van der Waals surface area contributed by atoms with Crippen molar-refractivity contribution in [3.8, 4) is 5.75 Å². The molecular weight excluding hydrogens is 596 g/mol. The molecule has 0 unspecified atom stereocenters. The number of phenols is 1. The molecule has 2 amide bonds. The molecule has 0 radical (unpaired) electrons. The van der Waals surface area contributed by atoms with Gasteiger partial charge in [0.1, 0.15) is 5.75 Å². The largest absolute Gasteiger partial charge is 0.507 e. The maximum Gasteiger partial charge on any atom is 0.238 e. The van der Waals surface area contributed by atoms with Gasteiger partial charge in [-0.3, -0.25) is 14.5 Å². The molecule has 0 spiro atoms. The number of hydrogen-bond donors (Lipinski definition) is 2. The highest BCUT2D eigenvalue weighted by molar-refractivity contribution is 6.22. The number of para-hydroxylation sites is 1. The summed E-state index contributed by atoms with van der Waals surface area (Å²) in [5.74, 6) is -0.460. The Hall–Kier alpha value is -4.68. The lowest BCUT2D eigenvalue weighted by Crippen LogP contribution is -2.35. The molecule has 1 aliphatic carbocycles. The Labute approximate surface area is 283 Å². The highest BCUT2D eigenvalue weighted by Crippen LogP contribution is 2.52. The van der Waals surface area contributed by atoms with Gasteiger partial charge in [0.05, 0.1) is 30.2 Å². The maximum absolute atomic E-state index is 14.1. The molecule has 0 bridgehead atoms. The molecule has 2 fully saturated rings. The molecule has 4 atom stereocenters. The molecule has 2 N–H and O–H groups in total. The highest BCUT2D eigenvalue weighted by Gasteiger charge is 2.57. The summed E-state index contributed by atoms with van der Waals surface area (Å²) in [6.07, 6.45) is 6.56. The number of phenolic OH excluding ortho intramolecular Hbond substituents is 1. The second-order valence-corrected chi connectivity index (χ2v) is 13.8.